The van der Waals surface area contributed by atoms with Crippen molar-refractivity contribution in [2.75, 3.05) is 19.0 Å². The first kappa shape index (κ1) is 20.7. The molecule has 1 N–H and O–H groups in total. The lowest BCUT2D eigenvalue weighted by molar-refractivity contribution is -0.120. The van der Waals surface area contributed by atoms with Crippen LogP contribution in [0, 0.1) is 0 Å². The number of nitrogens with one attached hydrogen (secondary N) is 1. The van der Waals surface area contributed by atoms with Gasteiger partial charge in [0, 0.05) is 12.2 Å². The van der Waals surface area contributed by atoms with Crippen molar-refractivity contribution in [2.45, 2.75) is 45.3 Å². The fourth-order valence-electron chi connectivity index (χ4n) is 3.35. The van der Waals surface area contributed by atoms with Crippen molar-refractivity contribution in [2.24, 2.45) is 0 Å². The summed E-state index contributed by atoms with van der Waals surface area (Å²) in [5.41, 5.74) is 2.17. The first-order valence-corrected chi connectivity index (χ1v) is 9.82. The van der Waals surface area contributed by atoms with E-state index in [1.54, 1.807) is 7.11 Å². The SMILES string of the molecule is COc1cccc(-c2ccc(NC(=O)[C@@H]3CCCN3C(=O)OC(C)(C)C)cc2)c1. The molecule has 154 valence electrons. The van der Waals surface area contributed by atoms with Crippen LogP contribution in [0.1, 0.15) is 33.6 Å². The van der Waals surface area contributed by atoms with Crippen molar-refractivity contribution < 1.29 is 19.1 Å². The van der Waals surface area contributed by atoms with Crippen LogP contribution >= 0.6 is 0 Å². The number of carbonyl (C=O) groups is 2. The van der Waals surface area contributed by atoms with Gasteiger partial charge in [0.25, 0.3) is 0 Å². The van der Waals surface area contributed by atoms with E-state index in [1.165, 1.54) is 4.90 Å². The zero-order chi connectivity index (χ0) is 21.0. The van der Waals surface area contributed by atoms with Crippen molar-refractivity contribution in [1.29, 1.82) is 0 Å². The average Bonchev–Trinajstić information content (AvgIpc) is 3.17. The highest BCUT2D eigenvalue weighted by atomic mass is 16.6. The molecule has 6 heteroatoms. The fourth-order valence-corrected chi connectivity index (χ4v) is 3.35. The van der Waals surface area contributed by atoms with E-state index < -0.39 is 17.7 Å². The molecule has 0 saturated carbocycles. The average molecular weight is 396 g/mol. The van der Waals surface area contributed by atoms with Gasteiger partial charge >= 0.3 is 6.09 Å². The molecule has 0 aliphatic carbocycles. The number of amides is 2. The Morgan fingerprint density at radius 2 is 1.79 bits per heavy atom. The van der Waals surface area contributed by atoms with Crippen LogP contribution in [-0.4, -0.2) is 42.2 Å². The Kier molecular flexibility index (Phi) is 6.11. The maximum absolute atomic E-state index is 12.8. The van der Waals surface area contributed by atoms with E-state index in [0.29, 0.717) is 18.7 Å². The number of hydrogen-bond acceptors (Lipinski definition) is 4. The van der Waals surface area contributed by atoms with Crippen molar-refractivity contribution in [1.82, 2.24) is 4.90 Å². The van der Waals surface area contributed by atoms with Crippen LogP contribution in [0.3, 0.4) is 0 Å². The Bertz CT molecular complexity index is 871. The molecule has 0 spiro atoms. The van der Waals surface area contributed by atoms with Crippen molar-refractivity contribution in [3.63, 3.8) is 0 Å². The summed E-state index contributed by atoms with van der Waals surface area (Å²) in [7, 11) is 1.64. The molecule has 0 bridgehead atoms. The molecule has 2 aromatic rings. The van der Waals surface area contributed by atoms with Gasteiger partial charge in [-0.1, -0.05) is 24.3 Å². The summed E-state index contributed by atoms with van der Waals surface area (Å²) in [6.45, 7) is 5.99. The summed E-state index contributed by atoms with van der Waals surface area (Å²) < 4.78 is 10.7. The quantitative estimate of drug-likeness (QED) is 0.813. The molecule has 0 aromatic heterocycles. The fraction of sp³-hybridized carbons (Fsp3) is 0.391. The van der Waals surface area contributed by atoms with Crippen molar-refractivity contribution in [3.05, 3.63) is 48.5 Å². The molecular weight excluding hydrogens is 368 g/mol. The first-order chi connectivity index (χ1) is 13.8. The number of rotatable bonds is 4. The molecule has 1 fully saturated rings. The second-order valence-electron chi connectivity index (χ2n) is 8.13. The van der Waals surface area contributed by atoms with Crippen LogP contribution in [0.5, 0.6) is 5.75 Å². The van der Waals surface area contributed by atoms with E-state index >= 15 is 0 Å². The molecule has 1 aliphatic heterocycles. The number of nitrogens with zero attached hydrogens (tertiary/aromatic N) is 1. The lowest BCUT2D eigenvalue weighted by atomic mass is 10.1. The third kappa shape index (κ3) is 5.28. The van der Waals surface area contributed by atoms with Crippen LogP contribution in [0.2, 0.25) is 0 Å². The minimum Gasteiger partial charge on any atom is -0.497 e. The summed E-state index contributed by atoms with van der Waals surface area (Å²) in [6, 6.07) is 14.9. The van der Waals surface area contributed by atoms with E-state index in [9.17, 15) is 9.59 Å². The largest absolute Gasteiger partial charge is 0.497 e. The van der Waals surface area contributed by atoms with Crippen LogP contribution in [0.25, 0.3) is 11.1 Å². The van der Waals surface area contributed by atoms with Gasteiger partial charge in [0.2, 0.25) is 5.91 Å². The van der Waals surface area contributed by atoms with Gasteiger partial charge in [-0.15, -0.1) is 0 Å². The highest BCUT2D eigenvalue weighted by Crippen LogP contribution is 2.26. The summed E-state index contributed by atoms with van der Waals surface area (Å²) in [5, 5.41) is 2.92. The predicted molar refractivity (Wildman–Crippen MR) is 113 cm³/mol. The molecule has 1 atom stereocenters. The third-order valence-corrected chi connectivity index (χ3v) is 4.74. The lowest BCUT2D eigenvalue weighted by Gasteiger charge is -2.28. The normalized spacial score (nSPS) is 16.4. The van der Waals surface area contributed by atoms with Gasteiger partial charge < -0.3 is 14.8 Å². The molecule has 3 rings (SSSR count). The van der Waals surface area contributed by atoms with E-state index in [2.05, 4.69) is 5.32 Å². The number of hydrogen-bond donors (Lipinski definition) is 1. The minimum atomic E-state index is -0.587. The topological polar surface area (TPSA) is 67.9 Å². The summed E-state index contributed by atoms with van der Waals surface area (Å²) in [5.74, 6) is 0.603. The Hall–Kier alpha value is -3.02. The molecule has 2 aromatic carbocycles. The smallest absolute Gasteiger partial charge is 0.410 e. The summed E-state index contributed by atoms with van der Waals surface area (Å²) >= 11 is 0. The Labute approximate surface area is 171 Å². The number of likely N-dealkylation sites (tertiary alicyclic amines) is 1. The highest BCUT2D eigenvalue weighted by Gasteiger charge is 2.36. The van der Waals surface area contributed by atoms with Crippen molar-refractivity contribution >= 4 is 17.7 Å². The van der Waals surface area contributed by atoms with Crippen LogP contribution in [0.15, 0.2) is 48.5 Å². The minimum absolute atomic E-state index is 0.192. The zero-order valence-corrected chi connectivity index (χ0v) is 17.4. The summed E-state index contributed by atoms with van der Waals surface area (Å²) in [6.07, 6.45) is 0.975. The van der Waals surface area contributed by atoms with E-state index in [-0.39, 0.29) is 5.91 Å². The van der Waals surface area contributed by atoms with Gasteiger partial charge in [0.1, 0.15) is 17.4 Å². The van der Waals surface area contributed by atoms with Gasteiger partial charge in [-0.2, -0.15) is 0 Å². The van der Waals surface area contributed by atoms with Crippen LogP contribution in [-0.2, 0) is 9.53 Å². The molecule has 2 amide bonds. The Morgan fingerprint density at radius 3 is 2.45 bits per heavy atom. The van der Waals surface area contributed by atoms with E-state index in [0.717, 1.165) is 23.3 Å². The molecule has 1 aliphatic rings. The van der Waals surface area contributed by atoms with Crippen LogP contribution in [0.4, 0.5) is 10.5 Å². The maximum Gasteiger partial charge on any atom is 0.410 e. The molecule has 29 heavy (non-hydrogen) atoms. The number of methoxy groups -OCH3 is 1. The second kappa shape index (κ2) is 8.55. The molecule has 0 radical (unpaired) electrons. The Balaban J connectivity index is 1.66. The molecular formula is C23H28N2O4. The van der Waals surface area contributed by atoms with Crippen molar-refractivity contribution in [3.8, 4) is 16.9 Å². The number of ether oxygens (including phenoxy) is 2. The predicted octanol–water partition coefficient (Wildman–Crippen LogP) is 4.70. The lowest BCUT2D eigenvalue weighted by Crippen LogP contribution is -2.45. The number of benzene rings is 2. The van der Waals surface area contributed by atoms with Crippen LogP contribution < -0.4 is 10.1 Å². The third-order valence-electron chi connectivity index (χ3n) is 4.74. The van der Waals surface area contributed by atoms with E-state index in [4.69, 9.17) is 9.47 Å². The Morgan fingerprint density at radius 1 is 1.07 bits per heavy atom. The number of anilines is 1. The maximum atomic E-state index is 12.8. The molecule has 0 unspecified atom stereocenters. The first-order valence-electron chi connectivity index (χ1n) is 9.82. The van der Waals surface area contributed by atoms with Gasteiger partial charge in [-0.05, 0) is 69.0 Å². The van der Waals surface area contributed by atoms with Gasteiger partial charge in [0.15, 0.2) is 0 Å². The zero-order valence-electron chi connectivity index (χ0n) is 17.4. The highest BCUT2D eigenvalue weighted by molar-refractivity contribution is 5.97. The van der Waals surface area contributed by atoms with E-state index in [1.807, 2.05) is 69.3 Å². The summed E-state index contributed by atoms with van der Waals surface area (Å²) in [4.78, 5) is 26.7. The molecule has 1 heterocycles. The van der Waals surface area contributed by atoms with Gasteiger partial charge in [-0.3, -0.25) is 9.69 Å². The van der Waals surface area contributed by atoms with Gasteiger partial charge in [0.05, 0.1) is 7.11 Å². The standard InChI is InChI=1S/C23H28N2O4/c1-23(2,3)29-22(27)25-14-6-9-20(25)21(26)24-18-12-10-16(11-13-18)17-7-5-8-19(15-17)28-4/h5,7-8,10-13,15,20H,6,9,14H2,1-4H3,(H,24,26)/t20-/m0/s1. The number of carbonyl (C=O) groups excluding carboxylic acids is 2. The monoisotopic (exact) mass is 396 g/mol. The van der Waals surface area contributed by atoms with Gasteiger partial charge in [-0.25, -0.2) is 4.79 Å². The second-order valence-corrected chi connectivity index (χ2v) is 8.13. The molecule has 1 saturated heterocycles. The molecule has 6 nitrogen and oxygen atoms in total.